The second-order valence-corrected chi connectivity index (χ2v) is 6.55. The van der Waals surface area contributed by atoms with Gasteiger partial charge >= 0.3 is 0 Å². The molecule has 0 amide bonds. The van der Waals surface area contributed by atoms with Crippen LogP contribution in [0.2, 0.25) is 0 Å². The summed E-state index contributed by atoms with van der Waals surface area (Å²) in [7, 11) is 0. The number of hydrogen-bond acceptors (Lipinski definition) is 3. The summed E-state index contributed by atoms with van der Waals surface area (Å²) in [5.41, 5.74) is 5.47. The average Bonchev–Trinajstić information content (AvgIpc) is 3.14. The van der Waals surface area contributed by atoms with Crippen LogP contribution in [0.1, 0.15) is 0 Å². The zero-order valence-corrected chi connectivity index (χ0v) is 18.7. The van der Waals surface area contributed by atoms with Crippen LogP contribution in [0, 0.1) is 0 Å². The number of aromatic nitrogens is 3. The fourth-order valence-electron chi connectivity index (χ4n) is 3.43. The van der Waals surface area contributed by atoms with Gasteiger partial charge in [-0.2, -0.15) is 0 Å². The molecule has 0 saturated carbocycles. The topological polar surface area (TPSA) is 50.9 Å². The Hall–Kier alpha value is -3.30. The molecule has 2 heterocycles. The van der Waals surface area contributed by atoms with E-state index >= 15 is 0 Å². The molecule has 5 heteroatoms. The number of phenols is 1. The first kappa shape index (κ1) is 19.0. The molecular formula is C24H17N3OZn. The van der Waals surface area contributed by atoms with E-state index in [2.05, 4.69) is 41.4 Å². The van der Waals surface area contributed by atoms with E-state index in [0.717, 1.165) is 22.4 Å². The minimum absolute atomic E-state index is 0. The van der Waals surface area contributed by atoms with Crippen LogP contribution in [0.5, 0.6) is 5.75 Å². The van der Waals surface area contributed by atoms with Crippen molar-refractivity contribution in [1.29, 1.82) is 0 Å². The summed E-state index contributed by atoms with van der Waals surface area (Å²) in [5.74, 6) is 0.860. The Morgan fingerprint density at radius 3 is 2.14 bits per heavy atom. The smallest absolute Gasteiger partial charge is 0.164 e. The van der Waals surface area contributed by atoms with Crippen LogP contribution in [0.25, 0.3) is 39.4 Å². The summed E-state index contributed by atoms with van der Waals surface area (Å²) < 4.78 is 1.99. The predicted molar refractivity (Wildman–Crippen MR) is 111 cm³/mol. The van der Waals surface area contributed by atoms with Gasteiger partial charge in [0.25, 0.3) is 0 Å². The Morgan fingerprint density at radius 1 is 0.690 bits per heavy atom. The molecule has 0 atom stereocenters. The molecule has 0 aliphatic heterocycles. The first-order valence-electron chi connectivity index (χ1n) is 9.09. The van der Waals surface area contributed by atoms with Gasteiger partial charge in [0.05, 0.1) is 5.56 Å². The standard InChI is InChI=1S/C24H17N3O.Zn/c28-22-11-5-4-9-20(22)23-26-21-10-6-16-25-24(21)27(23)19-14-12-18(13-15-19)17-7-2-1-3-8-17;/h1-16,28H;. The predicted octanol–water partition coefficient (Wildman–Crippen LogP) is 5.46. The summed E-state index contributed by atoms with van der Waals surface area (Å²) >= 11 is 0. The van der Waals surface area contributed by atoms with Crippen LogP contribution in [-0.2, 0) is 19.5 Å². The molecule has 0 spiro atoms. The quantitative estimate of drug-likeness (QED) is 0.388. The Labute approximate surface area is 181 Å². The first-order chi connectivity index (χ1) is 13.8. The number of aromatic hydroxyl groups is 1. The van der Waals surface area contributed by atoms with Gasteiger partial charge in [-0.3, -0.25) is 4.57 Å². The maximum atomic E-state index is 10.4. The number of pyridine rings is 1. The molecule has 136 valence electrons. The van der Waals surface area contributed by atoms with E-state index in [0.29, 0.717) is 11.4 Å². The van der Waals surface area contributed by atoms with Crippen LogP contribution in [-0.4, -0.2) is 19.6 Å². The fourth-order valence-corrected chi connectivity index (χ4v) is 3.43. The van der Waals surface area contributed by atoms with E-state index in [1.165, 1.54) is 5.56 Å². The molecule has 4 nitrogen and oxygen atoms in total. The molecular weight excluding hydrogens is 412 g/mol. The third-order valence-corrected chi connectivity index (χ3v) is 4.79. The van der Waals surface area contributed by atoms with E-state index in [-0.39, 0.29) is 25.2 Å². The number of fused-ring (bicyclic) bond motifs is 1. The minimum atomic E-state index is 0. The first-order valence-corrected chi connectivity index (χ1v) is 9.09. The van der Waals surface area contributed by atoms with Crippen molar-refractivity contribution in [3.05, 3.63) is 97.2 Å². The van der Waals surface area contributed by atoms with Crippen molar-refractivity contribution in [2.75, 3.05) is 0 Å². The van der Waals surface area contributed by atoms with E-state index in [1.54, 1.807) is 18.3 Å². The minimum Gasteiger partial charge on any atom is -0.507 e. The van der Waals surface area contributed by atoms with Crippen molar-refractivity contribution >= 4 is 11.2 Å². The monoisotopic (exact) mass is 427 g/mol. The van der Waals surface area contributed by atoms with E-state index in [4.69, 9.17) is 4.98 Å². The van der Waals surface area contributed by atoms with Gasteiger partial charge in [0.2, 0.25) is 0 Å². The van der Waals surface area contributed by atoms with Crippen LogP contribution in [0.15, 0.2) is 97.2 Å². The molecule has 0 saturated heterocycles. The SMILES string of the molecule is Oc1ccccc1-c1nc2cccnc2n1-c1ccc(-c2ccccc2)cc1.[Zn]. The third-order valence-electron chi connectivity index (χ3n) is 4.79. The van der Waals surface area contributed by atoms with Crippen molar-refractivity contribution in [2.45, 2.75) is 0 Å². The number of hydrogen-bond donors (Lipinski definition) is 1. The molecule has 5 rings (SSSR count). The van der Waals surface area contributed by atoms with Crippen LogP contribution in [0.4, 0.5) is 0 Å². The number of benzene rings is 3. The molecule has 0 bridgehead atoms. The number of para-hydroxylation sites is 1. The van der Waals surface area contributed by atoms with Gasteiger partial charge in [0, 0.05) is 31.4 Å². The molecule has 1 N–H and O–H groups in total. The Bertz CT molecular complexity index is 1260. The van der Waals surface area contributed by atoms with E-state index in [9.17, 15) is 5.11 Å². The van der Waals surface area contributed by atoms with Gasteiger partial charge in [-0.1, -0.05) is 54.6 Å². The van der Waals surface area contributed by atoms with E-state index in [1.807, 2.05) is 47.0 Å². The summed E-state index contributed by atoms with van der Waals surface area (Å²) in [4.78, 5) is 9.27. The maximum Gasteiger partial charge on any atom is 0.164 e. The third kappa shape index (κ3) is 3.46. The number of nitrogens with zero attached hydrogens (tertiary/aromatic N) is 3. The van der Waals surface area contributed by atoms with Gasteiger partial charge in [0.1, 0.15) is 11.3 Å². The van der Waals surface area contributed by atoms with Crippen molar-refractivity contribution in [1.82, 2.24) is 14.5 Å². The summed E-state index contributed by atoms with van der Waals surface area (Å²) in [5, 5.41) is 10.4. The van der Waals surface area contributed by atoms with Crippen molar-refractivity contribution in [3.8, 4) is 34.0 Å². The van der Waals surface area contributed by atoms with Crippen molar-refractivity contribution < 1.29 is 24.6 Å². The summed E-state index contributed by atoms with van der Waals surface area (Å²) in [6, 6.07) is 29.6. The Kier molecular flexibility index (Phi) is 5.24. The van der Waals surface area contributed by atoms with Gasteiger partial charge in [-0.05, 0) is 47.5 Å². The fraction of sp³-hybridized carbons (Fsp3) is 0. The molecule has 2 aromatic heterocycles. The number of rotatable bonds is 3. The second kappa shape index (κ2) is 7.98. The average molecular weight is 429 g/mol. The number of imidazole rings is 1. The summed E-state index contributed by atoms with van der Waals surface area (Å²) in [6.07, 6.45) is 1.76. The molecule has 0 aliphatic rings. The largest absolute Gasteiger partial charge is 0.507 e. The molecule has 3 aromatic carbocycles. The van der Waals surface area contributed by atoms with Gasteiger partial charge < -0.3 is 5.11 Å². The molecule has 0 unspecified atom stereocenters. The zero-order valence-electron chi connectivity index (χ0n) is 15.7. The van der Waals surface area contributed by atoms with Gasteiger partial charge in [-0.25, -0.2) is 9.97 Å². The van der Waals surface area contributed by atoms with Gasteiger partial charge in [-0.15, -0.1) is 0 Å². The molecule has 29 heavy (non-hydrogen) atoms. The second-order valence-electron chi connectivity index (χ2n) is 6.55. The van der Waals surface area contributed by atoms with Crippen molar-refractivity contribution in [3.63, 3.8) is 0 Å². The molecule has 0 fully saturated rings. The van der Waals surface area contributed by atoms with Crippen LogP contribution < -0.4 is 0 Å². The zero-order chi connectivity index (χ0) is 18.9. The van der Waals surface area contributed by atoms with Crippen molar-refractivity contribution in [2.24, 2.45) is 0 Å². The summed E-state index contributed by atoms with van der Waals surface area (Å²) in [6.45, 7) is 0. The molecule has 0 radical (unpaired) electrons. The van der Waals surface area contributed by atoms with Gasteiger partial charge in [0.15, 0.2) is 11.5 Å². The number of phenolic OH excluding ortho intramolecular Hbond substituents is 1. The molecule has 5 aromatic rings. The molecule has 0 aliphatic carbocycles. The Balaban J connectivity index is 0.00000205. The van der Waals surface area contributed by atoms with Crippen LogP contribution in [0.3, 0.4) is 0 Å². The normalized spacial score (nSPS) is 10.6. The van der Waals surface area contributed by atoms with Crippen LogP contribution >= 0.6 is 0 Å². The Morgan fingerprint density at radius 2 is 1.38 bits per heavy atom. The maximum absolute atomic E-state index is 10.4. The van der Waals surface area contributed by atoms with E-state index < -0.39 is 0 Å².